The SMILES string of the molecule is N#CCC(=O)Nc1ccc([N+](=O)[O-])cc1S(=O)(=O)O. The average molecular weight is 285 g/mol. The standard InChI is InChI=1S/C9H7N3O6S/c10-4-3-9(13)11-7-2-1-6(12(14)15)5-8(7)19(16,17)18/h1-2,5H,3H2,(H,11,13)(H,16,17,18). The fourth-order valence-electron chi connectivity index (χ4n) is 1.21. The van der Waals surface area contributed by atoms with Gasteiger partial charge in [-0.1, -0.05) is 0 Å². The van der Waals surface area contributed by atoms with Crippen LogP contribution < -0.4 is 5.32 Å². The number of carbonyl (C=O) groups is 1. The van der Waals surface area contributed by atoms with Gasteiger partial charge in [0.25, 0.3) is 15.8 Å². The predicted molar refractivity (Wildman–Crippen MR) is 61.8 cm³/mol. The van der Waals surface area contributed by atoms with Crippen molar-refractivity contribution in [2.75, 3.05) is 5.32 Å². The van der Waals surface area contributed by atoms with E-state index in [1.807, 2.05) is 0 Å². The monoisotopic (exact) mass is 285 g/mol. The molecule has 0 heterocycles. The van der Waals surface area contributed by atoms with Crippen LogP contribution >= 0.6 is 0 Å². The van der Waals surface area contributed by atoms with Crippen LogP contribution in [0.15, 0.2) is 23.1 Å². The molecule has 0 unspecified atom stereocenters. The highest BCUT2D eigenvalue weighted by Crippen LogP contribution is 2.26. The lowest BCUT2D eigenvalue weighted by Gasteiger charge is -2.07. The maximum atomic E-state index is 11.2. The number of nitro benzene ring substituents is 1. The second kappa shape index (κ2) is 5.42. The minimum atomic E-state index is -4.75. The van der Waals surface area contributed by atoms with E-state index in [1.54, 1.807) is 6.07 Å². The molecule has 0 aliphatic rings. The number of amides is 1. The van der Waals surface area contributed by atoms with Gasteiger partial charge in [-0.2, -0.15) is 13.7 Å². The molecule has 10 heteroatoms. The van der Waals surface area contributed by atoms with Crippen LogP contribution in [-0.4, -0.2) is 23.8 Å². The maximum absolute atomic E-state index is 11.2. The van der Waals surface area contributed by atoms with E-state index in [2.05, 4.69) is 5.32 Å². The Bertz CT molecular complexity index is 676. The largest absolute Gasteiger partial charge is 0.324 e. The van der Waals surface area contributed by atoms with E-state index >= 15 is 0 Å². The molecule has 0 saturated carbocycles. The van der Waals surface area contributed by atoms with Crippen molar-refractivity contribution in [3.05, 3.63) is 28.3 Å². The normalized spacial score (nSPS) is 10.5. The third kappa shape index (κ3) is 3.73. The molecule has 9 nitrogen and oxygen atoms in total. The van der Waals surface area contributed by atoms with Gasteiger partial charge in [-0.15, -0.1) is 0 Å². The van der Waals surface area contributed by atoms with Crippen molar-refractivity contribution in [3.63, 3.8) is 0 Å². The summed E-state index contributed by atoms with van der Waals surface area (Å²) in [7, 11) is -4.75. The van der Waals surface area contributed by atoms with Gasteiger partial charge in [0.2, 0.25) is 5.91 Å². The first-order valence-electron chi connectivity index (χ1n) is 4.68. The number of anilines is 1. The van der Waals surface area contributed by atoms with E-state index in [0.717, 1.165) is 12.1 Å². The number of nitrogens with zero attached hydrogens (tertiary/aromatic N) is 2. The van der Waals surface area contributed by atoms with Crippen LogP contribution in [0.2, 0.25) is 0 Å². The molecule has 0 saturated heterocycles. The Kier molecular flexibility index (Phi) is 4.15. The van der Waals surface area contributed by atoms with Crippen molar-refractivity contribution >= 4 is 27.4 Å². The first-order valence-corrected chi connectivity index (χ1v) is 6.12. The summed E-state index contributed by atoms with van der Waals surface area (Å²) >= 11 is 0. The van der Waals surface area contributed by atoms with E-state index in [9.17, 15) is 23.3 Å². The molecule has 0 atom stereocenters. The minimum absolute atomic E-state index is 0.339. The zero-order chi connectivity index (χ0) is 14.6. The Morgan fingerprint density at radius 1 is 1.53 bits per heavy atom. The smallest absolute Gasteiger partial charge is 0.296 e. The Labute approximate surface area is 107 Å². The molecule has 0 bridgehead atoms. The molecule has 0 aliphatic heterocycles. The lowest BCUT2D eigenvalue weighted by molar-refractivity contribution is -0.385. The quantitative estimate of drug-likeness (QED) is 0.469. The number of hydrogen-bond acceptors (Lipinski definition) is 6. The number of nitriles is 1. The third-order valence-corrected chi connectivity index (χ3v) is 2.86. The Hall–Kier alpha value is -2.51. The number of non-ortho nitro benzene ring substituents is 1. The Morgan fingerprint density at radius 3 is 2.63 bits per heavy atom. The number of carbonyl (C=O) groups excluding carboxylic acids is 1. The molecule has 0 fully saturated rings. The first kappa shape index (κ1) is 14.6. The molecule has 1 amide bonds. The Balaban J connectivity index is 3.29. The summed E-state index contributed by atoms with van der Waals surface area (Å²) in [6.45, 7) is 0. The van der Waals surface area contributed by atoms with Crippen molar-refractivity contribution in [1.29, 1.82) is 5.26 Å². The molecule has 0 radical (unpaired) electrons. The van der Waals surface area contributed by atoms with Gasteiger partial charge in [0.15, 0.2) is 0 Å². The fourth-order valence-corrected chi connectivity index (χ4v) is 1.87. The summed E-state index contributed by atoms with van der Waals surface area (Å²) in [6, 6.07) is 4.06. The summed E-state index contributed by atoms with van der Waals surface area (Å²) in [6.07, 6.45) is -0.526. The average Bonchev–Trinajstić information content (AvgIpc) is 2.27. The number of nitrogens with one attached hydrogen (secondary N) is 1. The van der Waals surface area contributed by atoms with Gasteiger partial charge in [0.05, 0.1) is 16.7 Å². The van der Waals surface area contributed by atoms with Crippen molar-refractivity contribution in [1.82, 2.24) is 0 Å². The summed E-state index contributed by atoms with van der Waals surface area (Å²) in [5, 5.41) is 20.9. The van der Waals surface area contributed by atoms with E-state index in [1.165, 1.54) is 0 Å². The summed E-state index contributed by atoms with van der Waals surface area (Å²) < 4.78 is 31.1. The summed E-state index contributed by atoms with van der Waals surface area (Å²) in [5.41, 5.74) is -0.903. The fraction of sp³-hybridized carbons (Fsp3) is 0.111. The zero-order valence-electron chi connectivity index (χ0n) is 9.23. The second-order valence-electron chi connectivity index (χ2n) is 3.30. The van der Waals surface area contributed by atoms with Gasteiger partial charge in [0, 0.05) is 12.1 Å². The highest BCUT2D eigenvalue weighted by molar-refractivity contribution is 7.86. The summed E-state index contributed by atoms with van der Waals surface area (Å²) in [5.74, 6) is -0.804. The molecule has 1 aromatic carbocycles. The molecule has 0 spiro atoms. The molecular formula is C9H7N3O6S. The lowest BCUT2D eigenvalue weighted by Crippen LogP contribution is -2.13. The van der Waals surface area contributed by atoms with Crippen molar-refractivity contribution in [2.45, 2.75) is 11.3 Å². The van der Waals surface area contributed by atoms with E-state index < -0.39 is 38.0 Å². The van der Waals surface area contributed by atoms with Gasteiger partial charge < -0.3 is 5.32 Å². The Morgan fingerprint density at radius 2 is 2.16 bits per heavy atom. The molecule has 0 aromatic heterocycles. The number of hydrogen-bond donors (Lipinski definition) is 2. The van der Waals surface area contributed by atoms with Crippen LogP contribution in [-0.2, 0) is 14.9 Å². The number of benzene rings is 1. The van der Waals surface area contributed by atoms with Gasteiger partial charge in [-0.05, 0) is 6.07 Å². The molecule has 0 aliphatic carbocycles. The van der Waals surface area contributed by atoms with Crippen LogP contribution in [0, 0.1) is 21.4 Å². The molecular weight excluding hydrogens is 278 g/mol. The van der Waals surface area contributed by atoms with E-state index in [-0.39, 0.29) is 5.69 Å². The highest BCUT2D eigenvalue weighted by Gasteiger charge is 2.21. The number of nitro groups is 1. The van der Waals surface area contributed by atoms with E-state index in [0.29, 0.717) is 6.07 Å². The minimum Gasteiger partial charge on any atom is -0.324 e. The van der Waals surface area contributed by atoms with Crippen LogP contribution in [0.1, 0.15) is 6.42 Å². The molecule has 1 aromatic rings. The highest BCUT2D eigenvalue weighted by atomic mass is 32.2. The molecule has 1 rings (SSSR count). The van der Waals surface area contributed by atoms with Crippen LogP contribution in [0.3, 0.4) is 0 Å². The van der Waals surface area contributed by atoms with Crippen LogP contribution in [0.4, 0.5) is 11.4 Å². The lowest BCUT2D eigenvalue weighted by atomic mass is 10.2. The van der Waals surface area contributed by atoms with Gasteiger partial charge >= 0.3 is 0 Å². The van der Waals surface area contributed by atoms with Crippen molar-refractivity contribution in [3.8, 4) is 6.07 Å². The zero-order valence-corrected chi connectivity index (χ0v) is 10.0. The topological polar surface area (TPSA) is 150 Å². The van der Waals surface area contributed by atoms with Gasteiger partial charge in [-0.25, -0.2) is 0 Å². The van der Waals surface area contributed by atoms with E-state index in [4.69, 9.17) is 9.81 Å². The van der Waals surface area contributed by atoms with Crippen LogP contribution in [0.5, 0.6) is 0 Å². The second-order valence-corrected chi connectivity index (χ2v) is 4.69. The van der Waals surface area contributed by atoms with Gasteiger partial charge in [0.1, 0.15) is 11.3 Å². The first-order chi connectivity index (χ1) is 8.75. The predicted octanol–water partition coefficient (Wildman–Crippen LogP) is 0.694. The van der Waals surface area contributed by atoms with Crippen molar-refractivity contribution < 1.29 is 22.7 Å². The molecule has 2 N–H and O–H groups in total. The van der Waals surface area contributed by atoms with Crippen molar-refractivity contribution in [2.24, 2.45) is 0 Å². The summed E-state index contributed by atoms with van der Waals surface area (Å²) in [4.78, 5) is 20.0. The number of rotatable bonds is 4. The van der Waals surface area contributed by atoms with Gasteiger partial charge in [-0.3, -0.25) is 19.5 Å². The van der Waals surface area contributed by atoms with Crippen LogP contribution in [0.25, 0.3) is 0 Å². The molecule has 100 valence electrons. The molecule has 19 heavy (non-hydrogen) atoms. The maximum Gasteiger partial charge on any atom is 0.296 e. The third-order valence-electron chi connectivity index (χ3n) is 1.97.